The standard InChI is InChI=1S/C15H30N2/c1-12-9-16-10-13(12)11-17-7-5-14(6-8-17)15(2,3)4/h12-14,16H,5-11H2,1-4H3. The van der Waals surface area contributed by atoms with Gasteiger partial charge in [-0.05, 0) is 62.2 Å². The fourth-order valence-electron chi connectivity index (χ4n) is 3.42. The number of hydrogen-bond donors (Lipinski definition) is 1. The largest absolute Gasteiger partial charge is 0.316 e. The van der Waals surface area contributed by atoms with E-state index in [-0.39, 0.29) is 0 Å². The SMILES string of the molecule is CC1CNCC1CN1CCC(C(C)(C)C)CC1. The maximum Gasteiger partial charge on any atom is 0.00248 e. The summed E-state index contributed by atoms with van der Waals surface area (Å²) < 4.78 is 0. The molecule has 0 aromatic rings. The quantitative estimate of drug-likeness (QED) is 0.795. The van der Waals surface area contributed by atoms with Crippen molar-refractivity contribution in [2.24, 2.45) is 23.2 Å². The molecular formula is C15H30N2. The van der Waals surface area contributed by atoms with E-state index in [4.69, 9.17) is 0 Å². The molecule has 0 amide bonds. The number of likely N-dealkylation sites (tertiary alicyclic amines) is 1. The van der Waals surface area contributed by atoms with Crippen LogP contribution in [0.3, 0.4) is 0 Å². The summed E-state index contributed by atoms with van der Waals surface area (Å²) in [5, 5.41) is 3.52. The summed E-state index contributed by atoms with van der Waals surface area (Å²) in [6, 6.07) is 0. The van der Waals surface area contributed by atoms with Gasteiger partial charge in [0.05, 0.1) is 0 Å². The molecule has 100 valence electrons. The average Bonchev–Trinajstić information content (AvgIpc) is 2.64. The van der Waals surface area contributed by atoms with Gasteiger partial charge in [0.1, 0.15) is 0 Å². The van der Waals surface area contributed by atoms with Gasteiger partial charge in [-0.3, -0.25) is 0 Å². The van der Waals surface area contributed by atoms with E-state index in [0.29, 0.717) is 5.41 Å². The van der Waals surface area contributed by atoms with Gasteiger partial charge in [-0.1, -0.05) is 27.7 Å². The van der Waals surface area contributed by atoms with Crippen molar-refractivity contribution < 1.29 is 0 Å². The predicted molar refractivity (Wildman–Crippen MR) is 74.1 cm³/mol. The van der Waals surface area contributed by atoms with Gasteiger partial charge in [-0.25, -0.2) is 0 Å². The molecule has 0 spiro atoms. The Balaban J connectivity index is 1.76. The van der Waals surface area contributed by atoms with Crippen molar-refractivity contribution >= 4 is 0 Å². The average molecular weight is 238 g/mol. The topological polar surface area (TPSA) is 15.3 Å². The number of nitrogens with zero attached hydrogens (tertiary/aromatic N) is 1. The minimum atomic E-state index is 0.508. The van der Waals surface area contributed by atoms with Crippen LogP contribution in [0.2, 0.25) is 0 Å². The van der Waals surface area contributed by atoms with Crippen molar-refractivity contribution in [3.63, 3.8) is 0 Å². The number of hydrogen-bond acceptors (Lipinski definition) is 2. The molecule has 1 N–H and O–H groups in total. The number of nitrogens with one attached hydrogen (secondary N) is 1. The number of piperidine rings is 1. The summed E-state index contributed by atoms with van der Waals surface area (Å²) in [5.74, 6) is 2.69. The zero-order valence-electron chi connectivity index (χ0n) is 12.1. The summed E-state index contributed by atoms with van der Waals surface area (Å²) in [4.78, 5) is 2.70. The highest BCUT2D eigenvalue weighted by molar-refractivity contribution is 4.85. The zero-order chi connectivity index (χ0) is 12.5. The van der Waals surface area contributed by atoms with Crippen molar-refractivity contribution in [1.29, 1.82) is 0 Å². The third kappa shape index (κ3) is 3.45. The van der Waals surface area contributed by atoms with Crippen molar-refractivity contribution in [3.8, 4) is 0 Å². The smallest absolute Gasteiger partial charge is 0.00248 e. The van der Waals surface area contributed by atoms with Crippen LogP contribution >= 0.6 is 0 Å². The first-order valence-corrected chi connectivity index (χ1v) is 7.40. The number of rotatable bonds is 2. The van der Waals surface area contributed by atoms with Gasteiger partial charge in [0.2, 0.25) is 0 Å². The van der Waals surface area contributed by atoms with E-state index in [1.54, 1.807) is 0 Å². The Kier molecular flexibility index (Phi) is 4.14. The van der Waals surface area contributed by atoms with E-state index in [0.717, 1.165) is 17.8 Å². The highest BCUT2D eigenvalue weighted by atomic mass is 15.1. The Hall–Kier alpha value is -0.0800. The molecule has 0 aromatic heterocycles. The Labute approximate surface area is 107 Å². The lowest BCUT2D eigenvalue weighted by atomic mass is 9.75. The van der Waals surface area contributed by atoms with Crippen LogP contribution in [-0.4, -0.2) is 37.6 Å². The molecule has 0 saturated carbocycles. The molecule has 2 aliphatic heterocycles. The fourth-order valence-corrected chi connectivity index (χ4v) is 3.42. The molecule has 2 unspecified atom stereocenters. The molecule has 2 atom stereocenters. The van der Waals surface area contributed by atoms with Crippen molar-refractivity contribution in [2.75, 3.05) is 32.7 Å². The van der Waals surface area contributed by atoms with Crippen molar-refractivity contribution in [3.05, 3.63) is 0 Å². The van der Waals surface area contributed by atoms with Crippen LogP contribution in [0.25, 0.3) is 0 Å². The fraction of sp³-hybridized carbons (Fsp3) is 1.00. The molecule has 0 aromatic carbocycles. The summed E-state index contributed by atoms with van der Waals surface area (Å²) in [7, 11) is 0. The maximum absolute atomic E-state index is 3.52. The van der Waals surface area contributed by atoms with Gasteiger partial charge >= 0.3 is 0 Å². The molecule has 2 fully saturated rings. The van der Waals surface area contributed by atoms with Gasteiger partial charge in [0.25, 0.3) is 0 Å². The summed E-state index contributed by atoms with van der Waals surface area (Å²) >= 11 is 0. The second-order valence-electron chi connectivity index (χ2n) is 7.34. The van der Waals surface area contributed by atoms with Crippen molar-refractivity contribution in [1.82, 2.24) is 10.2 Å². The van der Waals surface area contributed by atoms with Crippen LogP contribution < -0.4 is 5.32 Å². The first-order valence-electron chi connectivity index (χ1n) is 7.40. The Morgan fingerprint density at radius 1 is 1.12 bits per heavy atom. The van der Waals surface area contributed by atoms with E-state index in [2.05, 4.69) is 37.9 Å². The lowest BCUT2D eigenvalue weighted by Crippen LogP contribution is -2.41. The Morgan fingerprint density at radius 2 is 1.76 bits per heavy atom. The molecule has 17 heavy (non-hydrogen) atoms. The molecule has 2 heterocycles. The van der Waals surface area contributed by atoms with Crippen LogP contribution in [-0.2, 0) is 0 Å². The third-order valence-corrected chi connectivity index (χ3v) is 4.98. The van der Waals surface area contributed by atoms with E-state index >= 15 is 0 Å². The Morgan fingerprint density at radius 3 is 2.24 bits per heavy atom. The van der Waals surface area contributed by atoms with E-state index in [1.165, 1.54) is 45.6 Å². The van der Waals surface area contributed by atoms with E-state index < -0.39 is 0 Å². The highest BCUT2D eigenvalue weighted by Gasteiger charge is 2.31. The van der Waals surface area contributed by atoms with E-state index in [1.807, 2.05) is 0 Å². The molecule has 2 rings (SSSR count). The first kappa shape index (κ1) is 13.4. The van der Waals surface area contributed by atoms with E-state index in [9.17, 15) is 0 Å². The minimum Gasteiger partial charge on any atom is -0.316 e. The molecule has 2 saturated heterocycles. The van der Waals surface area contributed by atoms with Crippen LogP contribution in [0.5, 0.6) is 0 Å². The van der Waals surface area contributed by atoms with Crippen LogP contribution in [0.15, 0.2) is 0 Å². The molecular weight excluding hydrogens is 208 g/mol. The van der Waals surface area contributed by atoms with Crippen LogP contribution in [0.4, 0.5) is 0 Å². The van der Waals surface area contributed by atoms with Crippen LogP contribution in [0.1, 0.15) is 40.5 Å². The second-order valence-corrected chi connectivity index (χ2v) is 7.34. The molecule has 0 radical (unpaired) electrons. The lowest BCUT2D eigenvalue weighted by molar-refractivity contribution is 0.0984. The predicted octanol–water partition coefficient (Wildman–Crippen LogP) is 2.60. The molecule has 0 aliphatic carbocycles. The van der Waals surface area contributed by atoms with Crippen LogP contribution in [0, 0.1) is 23.2 Å². The molecule has 0 bridgehead atoms. The van der Waals surface area contributed by atoms with Crippen molar-refractivity contribution in [2.45, 2.75) is 40.5 Å². The lowest BCUT2D eigenvalue weighted by Gasteiger charge is -2.39. The first-order chi connectivity index (χ1) is 7.97. The normalized spacial score (nSPS) is 33.2. The molecule has 2 nitrogen and oxygen atoms in total. The maximum atomic E-state index is 3.52. The monoisotopic (exact) mass is 238 g/mol. The molecule has 2 aliphatic rings. The summed E-state index contributed by atoms with van der Waals surface area (Å²) in [6.07, 6.45) is 2.80. The van der Waals surface area contributed by atoms with Gasteiger partial charge in [-0.15, -0.1) is 0 Å². The van der Waals surface area contributed by atoms with Gasteiger partial charge < -0.3 is 10.2 Å². The zero-order valence-corrected chi connectivity index (χ0v) is 12.1. The second kappa shape index (κ2) is 5.27. The third-order valence-electron chi connectivity index (χ3n) is 4.98. The highest BCUT2D eigenvalue weighted by Crippen LogP contribution is 2.34. The Bertz CT molecular complexity index is 236. The van der Waals surface area contributed by atoms with Gasteiger partial charge in [0.15, 0.2) is 0 Å². The summed E-state index contributed by atoms with van der Waals surface area (Å²) in [5.41, 5.74) is 0.508. The van der Waals surface area contributed by atoms with Gasteiger partial charge in [0, 0.05) is 6.54 Å². The molecule has 2 heteroatoms. The minimum absolute atomic E-state index is 0.508. The van der Waals surface area contributed by atoms with Gasteiger partial charge in [-0.2, -0.15) is 0 Å². The summed E-state index contributed by atoms with van der Waals surface area (Å²) in [6.45, 7) is 16.0.